The Labute approximate surface area is 140 Å². The average molecular weight is 345 g/mol. The van der Waals surface area contributed by atoms with E-state index in [0.717, 1.165) is 11.3 Å². The Kier molecular flexibility index (Phi) is 4.03. The second kappa shape index (κ2) is 5.89. The summed E-state index contributed by atoms with van der Waals surface area (Å²) in [7, 11) is -3.74. The van der Waals surface area contributed by atoms with Gasteiger partial charge in [-0.2, -0.15) is 5.26 Å². The third-order valence-electron chi connectivity index (χ3n) is 4.26. The van der Waals surface area contributed by atoms with E-state index in [-0.39, 0.29) is 16.5 Å². The zero-order valence-electron chi connectivity index (χ0n) is 13.0. The number of primary sulfonamides is 1. The molecule has 5 nitrogen and oxygen atoms in total. The van der Waals surface area contributed by atoms with Crippen LogP contribution in [-0.4, -0.2) is 14.5 Å². The van der Waals surface area contributed by atoms with Gasteiger partial charge in [-0.1, -0.05) is 6.07 Å². The van der Waals surface area contributed by atoms with Gasteiger partial charge in [0.25, 0.3) is 0 Å². The molecule has 7 heteroatoms. The van der Waals surface area contributed by atoms with Crippen molar-refractivity contribution in [2.45, 2.75) is 30.8 Å². The maximum Gasteiger partial charge on any atom is 0.238 e. The van der Waals surface area contributed by atoms with Crippen molar-refractivity contribution in [1.82, 2.24) is 0 Å². The first-order valence-electron chi connectivity index (χ1n) is 7.40. The highest BCUT2D eigenvalue weighted by molar-refractivity contribution is 7.89. The van der Waals surface area contributed by atoms with Crippen LogP contribution in [0.1, 0.15) is 23.6 Å². The molecule has 0 radical (unpaired) electrons. The molecule has 0 saturated carbocycles. The van der Waals surface area contributed by atoms with Gasteiger partial charge in [-0.25, -0.2) is 17.9 Å². The first-order valence-corrected chi connectivity index (χ1v) is 8.95. The number of nitrogens with two attached hydrogens (primary N) is 1. The van der Waals surface area contributed by atoms with Gasteiger partial charge in [0, 0.05) is 23.8 Å². The van der Waals surface area contributed by atoms with Gasteiger partial charge >= 0.3 is 0 Å². The number of anilines is 1. The van der Waals surface area contributed by atoms with Crippen LogP contribution < -0.4 is 10.0 Å². The number of fused-ring (bicyclic) bond motifs is 1. The number of hydrogen-bond donors (Lipinski definition) is 1. The van der Waals surface area contributed by atoms with Crippen molar-refractivity contribution in [1.29, 1.82) is 5.26 Å². The maximum atomic E-state index is 14.1. The number of sulfonamides is 1. The largest absolute Gasteiger partial charge is 0.364 e. The smallest absolute Gasteiger partial charge is 0.238 e. The summed E-state index contributed by atoms with van der Waals surface area (Å²) < 4.78 is 37.1. The lowest BCUT2D eigenvalue weighted by Crippen LogP contribution is -2.29. The molecular weight excluding hydrogens is 329 g/mol. The van der Waals surface area contributed by atoms with E-state index < -0.39 is 15.8 Å². The summed E-state index contributed by atoms with van der Waals surface area (Å²) in [5.74, 6) is -0.421. The highest BCUT2D eigenvalue weighted by Gasteiger charge is 2.27. The van der Waals surface area contributed by atoms with Crippen LogP contribution in [0.3, 0.4) is 0 Å². The average Bonchev–Trinajstić information content (AvgIpc) is 2.83. The minimum Gasteiger partial charge on any atom is -0.364 e. The summed E-state index contributed by atoms with van der Waals surface area (Å²) >= 11 is 0. The normalized spacial score (nSPS) is 16.8. The van der Waals surface area contributed by atoms with E-state index in [9.17, 15) is 12.8 Å². The number of hydrogen-bond acceptors (Lipinski definition) is 4. The van der Waals surface area contributed by atoms with Crippen molar-refractivity contribution < 1.29 is 12.8 Å². The Morgan fingerprint density at radius 3 is 2.71 bits per heavy atom. The molecule has 0 bridgehead atoms. The third-order valence-corrected chi connectivity index (χ3v) is 5.17. The van der Waals surface area contributed by atoms with Gasteiger partial charge in [0.1, 0.15) is 5.82 Å². The molecule has 0 aromatic heterocycles. The fourth-order valence-corrected chi connectivity index (χ4v) is 3.58. The second-order valence-corrected chi connectivity index (χ2v) is 7.50. The van der Waals surface area contributed by atoms with E-state index in [1.54, 1.807) is 24.3 Å². The summed E-state index contributed by atoms with van der Waals surface area (Å²) in [6.07, 6.45) is 0.663. The number of nitriles is 1. The van der Waals surface area contributed by atoms with E-state index in [1.165, 1.54) is 12.1 Å². The van der Waals surface area contributed by atoms with Gasteiger partial charge in [0.15, 0.2) is 0 Å². The molecule has 1 atom stereocenters. The molecule has 0 amide bonds. The molecule has 2 N–H and O–H groups in total. The Balaban J connectivity index is 1.93. The minimum absolute atomic E-state index is 0.0832. The minimum atomic E-state index is -3.74. The van der Waals surface area contributed by atoms with Crippen LogP contribution in [0, 0.1) is 17.1 Å². The predicted octanol–water partition coefficient (Wildman–Crippen LogP) is 2.30. The zero-order chi connectivity index (χ0) is 17.5. The van der Waals surface area contributed by atoms with Gasteiger partial charge in [-0.15, -0.1) is 0 Å². The van der Waals surface area contributed by atoms with Crippen molar-refractivity contribution in [3.05, 3.63) is 58.9 Å². The lowest BCUT2D eigenvalue weighted by Gasteiger charge is -2.25. The molecule has 1 heterocycles. The lowest BCUT2D eigenvalue weighted by molar-refractivity contribution is 0.592. The Bertz CT molecular complexity index is 951. The van der Waals surface area contributed by atoms with Gasteiger partial charge in [0.2, 0.25) is 10.0 Å². The van der Waals surface area contributed by atoms with Gasteiger partial charge in [-0.3, -0.25) is 0 Å². The van der Waals surface area contributed by atoms with Crippen molar-refractivity contribution >= 4 is 15.7 Å². The van der Waals surface area contributed by atoms with Crippen molar-refractivity contribution in [3.63, 3.8) is 0 Å². The fraction of sp³-hybridized carbons (Fsp3) is 0.235. The monoisotopic (exact) mass is 345 g/mol. The molecule has 0 fully saturated rings. The van der Waals surface area contributed by atoms with Crippen LogP contribution in [0.15, 0.2) is 41.3 Å². The summed E-state index contributed by atoms with van der Waals surface area (Å²) in [5.41, 5.74) is 2.52. The third kappa shape index (κ3) is 2.98. The first kappa shape index (κ1) is 16.4. The highest BCUT2D eigenvalue weighted by Crippen LogP contribution is 2.35. The number of benzene rings is 2. The predicted molar refractivity (Wildman–Crippen MR) is 88.3 cm³/mol. The van der Waals surface area contributed by atoms with Gasteiger partial charge < -0.3 is 4.90 Å². The van der Waals surface area contributed by atoms with Crippen LogP contribution in [-0.2, 0) is 23.0 Å². The van der Waals surface area contributed by atoms with Crippen LogP contribution in [0.5, 0.6) is 0 Å². The van der Waals surface area contributed by atoms with Crippen molar-refractivity contribution in [2.75, 3.05) is 4.90 Å². The summed E-state index contributed by atoms with van der Waals surface area (Å²) in [6, 6.07) is 11.2. The summed E-state index contributed by atoms with van der Waals surface area (Å²) in [6.45, 7) is 2.35. The molecule has 1 aliphatic heterocycles. The molecule has 2 aromatic rings. The molecule has 124 valence electrons. The summed E-state index contributed by atoms with van der Waals surface area (Å²) in [5, 5.41) is 14.0. The van der Waals surface area contributed by atoms with E-state index >= 15 is 0 Å². The lowest BCUT2D eigenvalue weighted by atomic mass is 10.1. The maximum absolute atomic E-state index is 14.1. The molecule has 2 aromatic carbocycles. The second-order valence-electron chi connectivity index (χ2n) is 5.93. The van der Waals surface area contributed by atoms with Crippen LogP contribution in [0.2, 0.25) is 0 Å². The van der Waals surface area contributed by atoms with Crippen LogP contribution in [0.4, 0.5) is 10.1 Å². The van der Waals surface area contributed by atoms with Crippen molar-refractivity contribution in [3.8, 4) is 6.07 Å². The van der Waals surface area contributed by atoms with E-state index in [4.69, 9.17) is 10.4 Å². The van der Waals surface area contributed by atoms with Crippen LogP contribution in [0.25, 0.3) is 0 Å². The molecule has 24 heavy (non-hydrogen) atoms. The van der Waals surface area contributed by atoms with Gasteiger partial charge in [-0.05, 0) is 49.2 Å². The highest BCUT2D eigenvalue weighted by atomic mass is 32.2. The molecule has 0 spiro atoms. The Morgan fingerprint density at radius 2 is 2.08 bits per heavy atom. The number of rotatable bonds is 3. The molecule has 0 saturated heterocycles. The van der Waals surface area contributed by atoms with E-state index in [1.807, 2.05) is 17.9 Å². The Hall–Kier alpha value is -2.43. The topological polar surface area (TPSA) is 87.2 Å². The zero-order valence-corrected chi connectivity index (χ0v) is 13.8. The van der Waals surface area contributed by atoms with Crippen molar-refractivity contribution in [2.24, 2.45) is 5.14 Å². The fourth-order valence-electron chi connectivity index (χ4n) is 3.02. The first-order chi connectivity index (χ1) is 11.3. The molecule has 1 unspecified atom stereocenters. The molecular formula is C17H16FN3O2S. The van der Waals surface area contributed by atoms with Crippen LogP contribution >= 0.6 is 0 Å². The molecule has 0 aliphatic carbocycles. The van der Waals surface area contributed by atoms with E-state index in [0.29, 0.717) is 18.5 Å². The van der Waals surface area contributed by atoms with E-state index in [2.05, 4.69) is 0 Å². The quantitative estimate of drug-likeness (QED) is 0.924. The SMILES string of the molecule is CC1Cc2cc(S(N)(=O)=O)ccc2N1Cc1ccc(C#N)cc1F. The standard InChI is InChI=1S/C17H16FN3O2S/c1-11-6-14-8-15(24(20,22)23)4-5-17(14)21(11)10-13-3-2-12(9-19)7-16(13)18/h2-5,7-8,11H,6,10H2,1H3,(H2,20,22,23). The van der Waals surface area contributed by atoms with Gasteiger partial charge in [0.05, 0.1) is 16.5 Å². The number of halogens is 1. The number of nitrogens with zero attached hydrogens (tertiary/aromatic N) is 2. The molecule has 1 aliphatic rings. The molecule has 3 rings (SSSR count). The Morgan fingerprint density at radius 1 is 1.33 bits per heavy atom. The summed E-state index contributed by atoms with van der Waals surface area (Å²) in [4.78, 5) is 2.10.